The van der Waals surface area contributed by atoms with Gasteiger partial charge in [0.1, 0.15) is 18.1 Å². The summed E-state index contributed by atoms with van der Waals surface area (Å²) in [6.45, 7) is -2.73. The molecule has 0 radical (unpaired) electrons. The highest BCUT2D eigenvalue weighted by molar-refractivity contribution is 5.80. The van der Waals surface area contributed by atoms with Crippen molar-refractivity contribution >= 4 is 12.2 Å². The molecule has 0 bridgehead atoms. The van der Waals surface area contributed by atoms with Crippen LogP contribution in [0.5, 0.6) is 5.75 Å². The molecule has 0 fully saturated rings. The Morgan fingerprint density at radius 1 is 1.08 bits per heavy atom. The van der Waals surface area contributed by atoms with E-state index in [1.807, 2.05) is 30.3 Å². The first-order valence-electron chi connectivity index (χ1n) is 7.44. The minimum absolute atomic E-state index is 0.192. The van der Waals surface area contributed by atoms with Gasteiger partial charge in [0.05, 0.1) is 0 Å². The number of halogens is 2. The normalized spacial score (nSPS) is 12.0. The second-order valence-electron chi connectivity index (χ2n) is 5.06. The summed E-state index contributed by atoms with van der Waals surface area (Å²) in [5.41, 5.74) is 6.49. The Morgan fingerprint density at radius 3 is 2.04 bits per heavy atom. The zero-order valence-electron chi connectivity index (χ0n) is 14.0. The number of ether oxygens (including phenoxy) is 1. The number of nitrogens with zero attached hydrogens (tertiary/aromatic N) is 2. The van der Waals surface area contributed by atoms with Gasteiger partial charge in [-0.15, -0.1) is 0 Å². The van der Waals surface area contributed by atoms with Crippen LogP contribution in [0, 0.1) is 0 Å². The molecule has 2 aromatic rings. The molecule has 2 rings (SSSR count). The van der Waals surface area contributed by atoms with Crippen LogP contribution in [0.25, 0.3) is 0 Å². The van der Waals surface area contributed by atoms with E-state index in [1.54, 1.807) is 37.2 Å². The summed E-state index contributed by atoms with van der Waals surface area (Å²) in [4.78, 5) is 16.7. The third-order valence-corrected chi connectivity index (χ3v) is 2.97. The van der Waals surface area contributed by atoms with Crippen molar-refractivity contribution in [1.82, 2.24) is 4.90 Å². The molecule has 134 valence electrons. The first kappa shape index (κ1) is 20.1. The summed E-state index contributed by atoms with van der Waals surface area (Å²) in [6.07, 6.45) is 0.783. The Hall–Kier alpha value is -2.96. The van der Waals surface area contributed by atoms with Crippen molar-refractivity contribution < 1.29 is 18.3 Å². The number of nitrogens with two attached hydrogens (primary N) is 1. The maximum absolute atomic E-state index is 11.5. The van der Waals surface area contributed by atoms with Crippen LogP contribution in [0.3, 0.4) is 0 Å². The largest absolute Gasteiger partial charge is 0.435 e. The van der Waals surface area contributed by atoms with Crippen molar-refractivity contribution in [3.05, 3.63) is 66.2 Å². The molecule has 1 unspecified atom stereocenters. The number of carbonyl (C=O) groups excluding carboxylic acids is 1. The average molecular weight is 349 g/mol. The fraction of sp³-hybridized carbons (Fsp3) is 0.222. The van der Waals surface area contributed by atoms with E-state index < -0.39 is 12.7 Å². The molecule has 7 heteroatoms. The minimum Gasteiger partial charge on any atom is -0.435 e. The van der Waals surface area contributed by atoms with Gasteiger partial charge in [-0.25, -0.2) is 4.99 Å². The number of hydrogen-bond donors (Lipinski definition) is 1. The molecule has 0 heterocycles. The maximum atomic E-state index is 11.5. The number of guanidine groups is 1. The van der Waals surface area contributed by atoms with E-state index in [0.717, 1.165) is 11.8 Å². The zero-order valence-corrected chi connectivity index (χ0v) is 14.0. The van der Waals surface area contributed by atoms with Crippen LogP contribution >= 0.6 is 0 Å². The van der Waals surface area contributed by atoms with Crippen molar-refractivity contribution in [1.29, 1.82) is 0 Å². The van der Waals surface area contributed by atoms with Crippen LogP contribution in [-0.4, -0.2) is 37.9 Å². The molecule has 0 aromatic heterocycles. The summed E-state index contributed by atoms with van der Waals surface area (Å²) < 4.78 is 27.1. The summed E-state index contributed by atoms with van der Waals surface area (Å²) in [5.74, 6) is 0.536. The quantitative estimate of drug-likeness (QED) is 0.512. The zero-order chi connectivity index (χ0) is 18.7. The molecule has 0 saturated carbocycles. The average Bonchev–Trinajstić information content (AvgIpc) is 2.61. The molecular weight excluding hydrogens is 328 g/mol. The van der Waals surface area contributed by atoms with Gasteiger partial charge >= 0.3 is 6.61 Å². The van der Waals surface area contributed by atoms with Crippen molar-refractivity contribution in [2.75, 3.05) is 14.1 Å². The van der Waals surface area contributed by atoms with E-state index in [2.05, 4.69) is 9.73 Å². The lowest BCUT2D eigenvalue weighted by atomic mass is 10.1. The fourth-order valence-corrected chi connectivity index (χ4v) is 1.69. The van der Waals surface area contributed by atoms with Crippen LogP contribution < -0.4 is 10.5 Å². The molecule has 0 saturated heterocycles. The molecule has 0 aliphatic heterocycles. The topological polar surface area (TPSA) is 67.9 Å². The van der Waals surface area contributed by atoms with E-state index in [1.165, 1.54) is 12.1 Å². The number of aldehydes is 1. The van der Waals surface area contributed by atoms with Crippen molar-refractivity contribution in [2.45, 2.75) is 12.7 Å². The van der Waals surface area contributed by atoms with Gasteiger partial charge in [-0.1, -0.05) is 48.5 Å². The number of hydrogen-bond acceptors (Lipinski definition) is 3. The fourth-order valence-electron chi connectivity index (χ4n) is 1.69. The lowest BCUT2D eigenvalue weighted by molar-refractivity contribution is -0.108. The Kier molecular flexibility index (Phi) is 8.63. The minimum atomic E-state index is -2.73. The van der Waals surface area contributed by atoms with Crippen LogP contribution in [0.4, 0.5) is 8.78 Å². The molecule has 2 aromatic carbocycles. The lowest BCUT2D eigenvalue weighted by Gasteiger charge is -2.13. The molecule has 0 aliphatic rings. The molecule has 0 spiro atoms. The van der Waals surface area contributed by atoms with E-state index in [-0.39, 0.29) is 5.75 Å². The number of aliphatic imine (C=N–C) groups is 1. The number of para-hydroxylation sites is 1. The highest BCUT2D eigenvalue weighted by Crippen LogP contribution is 2.14. The number of alkyl halides is 2. The van der Waals surface area contributed by atoms with Gasteiger partial charge in [0.15, 0.2) is 5.96 Å². The first-order valence-corrected chi connectivity index (χ1v) is 7.44. The van der Waals surface area contributed by atoms with Gasteiger partial charge in [-0.3, -0.25) is 0 Å². The Morgan fingerprint density at radius 2 is 1.60 bits per heavy atom. The maximum Gasteiger partial charge on any atom is 0.387 e. The Labute approximate surface area is 145 Å². The standard InChI is InChI=1S/C11H15N3O.C7H6F2O/c1-14(2)11(12)13-10(8-15)9-6-4-3-5-7-9;8-7(9)10-6-4-2-1-3-5-6/h3-8,10H,1-2H3,(H2,12,13);1-5,7H. The van der Waals surface area contributed by atoms with Gasteiger partial charge in [0.25, 0.3) is 0 Å². The smallest absolute Gasteiger partial charge is 0.387 e. The molecular formula is C18H21F2N3O2. The predicted octanol–water partition coefficient (Wildman–Crippen LogP) is 3.09. The van der Waals surface area contributed by atoms with E-state index in [0.29, 0.717) is 5.96 Å². The summed E-state index contributed by atoms with van der Waals surface area (Å²) >= 11 is 0. The second kappa shape index (κ2) is 10.7. The summed E-state index contributed by atoms with van der Waals surface area (Å²) in [5, 5.41) is 0. The molecule has 0 amide bonds. The van der Waals surface area contributed by atoms with Crippen LogP contribution in [0.2, 0.25) is 0 Å². The van der Waals surface area contributed by atoms with Gasteiger partial charge in [-0.2, -0.15) is 8.78 Å². The number of rotatable bonds is 5. The van der Waals surface area contributed by atoms with Crippen molar-refractivity contribution in [3.63, 3.8) is 0 Å². The third-order valence-electron chi connectivity index (χ3n) is 2.97. The van der Waals surface area contributed by atoms with Gasteiger partial charge in [-0.05, 0) is 17.7 Å². The molecule has 25 heavy (non-hydrogen) atoms. The molecule has 5 nitrogen and oxygen atoms in total. The lowest BCUT2D eigenvalue weighted by Crippen LogP contribution is -2.31. The second-order valence-corrected chi connectivity index (χ2v) is 5.06. The summed E-state index contributed by atoms with van der Waals surface area (Å²) in [7, 11) is 3.57. The van der Waals surface area contributed by atoms with E-state index >= 15 is 0 Å². The van der Waals surface area contributed by atoms with Crippen LogP contribution in [-0.2, 0) is 4.79 Å². The van der Waals surface area contributed by atoms with Crippen LogP contribution in [0.1, 0.15) is 11.6 Å². The highest BCUT2D eigenvalue weighted by Gasteiger charge is 2.09. The first-order chi connectivity index (χ1) is 11.9. The Bertz CT molecular complexity index is 650. The summed E-state index contributed by atoms with van der Waals surface area (Å²) in [6, 6.07) is 16.8. The monoisotopic (exact) mass is 349 g/mol. The van der Waals surface area contributed by atoms with Crippen LogP contribution in [0.15, 0.2) is 65.7 Å². The predicted molar refractivity (Wildman–Crippen MR) is 93.6 cm³/mol. The number of benzene rings is 2. The van der Waals surface area contributed by atoms with Crippen molar-refractivity contribution in [3.8, 4) is 5.75 Å². The third kappa shape index (κ3) is 7.92. The highest BCUT2D eigenvalue weighted by atomic mass is 19.3. The molecule has 2 N–H and O–H groups in total. The Balaban J connectivity index is 0.000000271. The van der Waals surface area contributed by atoms with Gasteiger partial charge in [0.2, 0.25) is 0 Å². The molecule has 1 atom stereocenters. The SMILES string of the molecule is CN(C)C(N)=NC(C=O)c1ccccc1.FC(F)Oc1ccccc1. The number of carbonyl (C=O) groups is 1. The van der Waals surface area contributed by atoms with Gasteiger partial charge in [0, 0.05) is 14.1 Å². The van der Waals surface area contributed by atoms with E-state index in [9.17, 15) is 13.6 Å². The molecule has 0 aliphatic carbocycles. The van der Waals surface area contributed by atoms with E-state index in [4.69, 9.17) is 5.73 Å². The van der Waals surface area contributed by atoms with Crippen molar-refractivity contribution in [2.24, 2.45) is 10.7 Å². The van der Waals surface area contributed by atoms with Gasteiger partial charge < -0.3 is 20.2 Å².